The second kappa shape index (κ2) is 3.71. The van der Waals surface area contributed by atoms with Crippen molar-refractivity contribution in [2.75, 3.05) is 7.11 Å². The summed E-state index contributed by atoms with van der Waals surface area (Å²) in [6.07, 6.45) is 4.06. The molecule has 0 aromatic heterocycles. The molecule has 94 valence electrons. The molecule has 0 radical (unpaired) electrons. The van der Waals surface area contributed by atoms with Gasteiger partial charge in [0.1, 0.15) is 5.75 Å². The van der Waals surface area contributed by atoms with Gasteiger partial charge in [0.25, 0.3) is 0 Å². The van der Waals surface area contributed by atoms with Crippen LogP contribution < -0.4 is 4.74 Å². The molecule has 0 N–H and O–H groups in total. The third-order valence-electron chi connectivity index (χ3n) is 4.86. The maximum Gasteiger partial charge on any atom is 0.186 e. The van der Waals surface area contributed by atoms with Crippen LogP contribution in [-0.2, 0) is 5.41 Å². The number of allylic oxidation sites excluding steroid dienone is 2. The Morgan fingerprint density at radius 1 is 1.39 bits per heavy atom. The fourth-order valence-corrected chi connectivity index (χ4v) is 3.43. The van der Waals surface area contributed by atoms with Gasteiger partial charge in [-0.3, -0.25) is 4.79 Å². The molecule has 1 aromatic rings. The highest BCUT2D eigenvalue weighted by Crippen LogP contribution is 2.52. The zero-order valence-electron chi connectivity index (χ0n) is 11.1. The molecule has 1 fully saturated rings. The second-order valence-electron chi connectivity index (χ2n) is 5.59. The number of hydrogen-bond acceptors (Lipinski definition) is 2. The Morgan fingerprint density at radius 3 is 2.89 bits per heavy atom. The van der Waals surface area contributed by atoms with Crippen molar-refractivity contribution < 1.29 is 9.53 Å². The number of methoxy groups -OCH3 is 1. The van der Waals surface area contributed by atoms with E-state index in [1.54, 1.807) is 7.11 Å². The number of hydrogen-bond donors (Lipinski definition) is 0. The van der Waals surface area contributed by atoms with Crippen LogP contribution in [0.5, 0.6) is 5.75 Å². The summed E-state index contributed by atoms with van der Waals surface area (Å²) in [7, 11) is 1.67. The average Bonchev–Trinajstić information content (AvgIpc) is 2.67. The Labute approximate surface area is 108 Å². The van der Waals surface area contributed by atoms with Crippen LogP contribution in [0.1, 0.15) is 42.6 Å². The summed E-state index contributed by atoms with van der Waals surface area (Å²) in [4.78, 5) is 12.2. The zero-order valence-corrected chi connectivity index (χ0v) is 11.1. The SMILES string of the molecule is COc1ccc2c(c1)[C@]1(C)C(=CC2=O)CC[C@H]1C. The van der Waals surface area contributed by atoms with Gasteiger partial charge in [-0.2, -0.15) is 0 Å². The van der Waals surface area contributed by atoms with E-state index >= 15 is 0 Å². The van der Waals surface area contributed by atoms with Crippen LogP contribution in [0.4, 0.5) is 0 Å². The summed E-state index contributed by atoms with van der Waals surface area (Å²) in [6.45, 7) is 4.54. The van der Waals surface area contributed by atoms with Crippen LogP contribution in [0, 0.1) is 5.92 Å². The molecule has 18 heavy (non-hydrogen) atoms. The van der Waals surface area contributed by atoms with Gasteiger partial charge < -0.3 is 4.74 Å². The van der Waals surface area contributed by atoms with Gasteiger partial charge in [0.05, 0.1) is 7.11 Å². The number of benzene rings is 1. The van der Waals surface area contributed by atoms with E-state index in [0.717, 1.165) is 29.7 Å². The highest BCUT2D eigenvalue weighted by atomic mass is 16.5. The van der Waals surface area contributed by atoms with E-state index in [4.69, 9.17) is 4.74 Å². The van der Waals surface area contributed by atoms with E-state index in [-0.39, 0.29) is 11.2 Å². The minimum absolute atomic E-state index is 0.0117. The summed E-state index contributed by atoms with van der Waals surface area (Å²) in [5, 5.41) is 0. The van der Waals surface area contributed by atoms with Crippen molar-refractivity contribution in [2.24, 2.45) is 5.92 Å². The van der Waals surface area contributed by atoms with E-state index in [1.165, 1.54) is 5.57 Å². The summed E-state index contributed by atoms with van der Waals surface area (Å²) >= 11 is 0. The van der Waals surface area contributed by atoms with E-state index in [9.17, 15) is 4.79 Å². The van der Waals surface area contributed by atoms with Crippen LogP contribution >= 0.6 is 0 Å². The molecular formula is C16H18O2. The molecule has 2 aliphatic rings. The van der Waals surface area contributed by atoms with Gasteiger partial charge in [0.15, 0.2) is 5.78 Å². The van der Waals surface area contributed by atoms with Gasteiger partial charge in [0.2, 0.25) is 0 Å². The predicted molar refractivity (Wildman–Crippen MR) is 71.2 cm³/mol. The lowest BCUT2D eigenvalue weighted by Crippen LogP contribution is -2.32. The molecule has 0 heterocycles. The summed E-state index contributed by atoms with van der Waals surface area (Å²) < 4.78 is 5.31. The number of fused-ring (bicyclic) bond motifs is 3. The molecule has 0 unspecified atom stereocenters. The van der Waals surface area contributed by atoms with Crippen molar-refractivity contribution >= 4 is 5.78 Å². The maximum absolute atomic E-state index is 12.2. The highest BCUT2D eigenvalue weighted by molar-refractivity contribution is 6.08. The molecule has 0 saturated heterocycles. The first kappa shape index (κ1) is 11.5. The van der Waals surface area contributed by atoms with Crippen molar-refractivity contribution in [3.05, 3.63) is 41.0 Å². The van der Waals surface area contributed by atoms with Crippen molar-refractivity contribution in [3.8, 4) is 5.75 Å². The summed E-state index contributed by atoms with van der Waals surface area (Å²) in [5.41, 5.74) is 3.29. The van der Waals surface area contributed by atoms with E-state index in [0.29, 0.717) is 5.92 Å². The Balaban J connectivity index is 2.26. The largest absolute Gasteiger partial charge is 0.497 e. The van der Waals surface area contributed by atoms with Crippen molar-refractivity contribution in [1.82, 2.24) is 0 Å². The molecule has 1 saturated carbocycles. The van der Waals surface area contributed by atoms with E-state index < -0.39 is 0 Å². The molecule has 0 bridgehead atoms. The molecule has 1 aromatic carbocycles. The van der Waals surface area contributed by atoms with Gasteiger partial charge in [0, 0.05) is 11.0 Å². The molecule has 2 aliphatic carbocycles. The standard InChI is InChI=1S/C16H18O2/c1-10-4-5-11-8-15(17)13-7-6-12(18-3)9-14(13)16(10,11)2/h6-10H,4-5H2,1-3H3/t10-,16+/m1/s1. The fourth-order valence-electron chi connectivity index (χ4n) is 3.43. The van der Waals surface area contributed by atoms with Crippen LogP contribution in [-0.4, -0.2) is 12.9 Å². The molecule has 0 amide bonds. The lowest BCUT2D eigenvalue weighted by molar-refractivity contribution is 0.103. The average molecular weight is 242 g/mol. The van der Waals surface area contributed by atoms with Gasteiger partial charge in [-0.1, -0.05) is 19.4 Å². The van der Waals surface area contributed by atoms with Gasteiger partial charge in [-0.25, -0.2) is 0 Å². The third-order valence-corrected chi connectivity index (χ3v) is 4.86. The monoisotopic (exact) mass is 242 g/mol. The Morgan fingerprint density at radius 2 is 2.17 bits per heavy atom. The van der Waals surface area contributed by atoms with E-state index in [1.807, 2.05) is 24.3 Å². The van der Waals surface area contributed by atoms with Crippen molar-refractivity contribution in [3.63, 3.8) is 0 Å². The van der Waals surface area contributed by atoms with Crippen molar-refractivity contribution in [2.45, 2.75) is 32.1 Å². The number of ether oxygens (including phenoxy) is 1. The molecular weight excluding hydrogens is 224 g/mol. The van der Waals surface area contributed by atoms with Crippen LogP contribution in [0.25, 0.3) is 0 Å². The lowest BCUT2D eigenvalue weighted by atomic mass is 9.67. The normalized spacial score (nSPS) is 29.6. The van der Waals surface area contributed by atoms with Gasteiger partial charge in [-0.05, 0) is 48.6 Å². The maximum atomic E-state index is 12.2. The van der Waals surface area contributed by atoms with Gasteiger partial charge >= 0.3 is 0 Å². The minimum atomic E-state index is 0.0117. The second-order valence-corrected chi connectivity index (χ2v) is 5.59. The third kappa shape index (κ3) is 1.32. The smallest absolute Gasteiger partial charge is 0.186 e. The van der Waals surface area contributed by atoms with Crippen LogP contribution in [0.3, 0.4) is 0 Å². The minimum Gasteiger partial charge on any atom is -0.497 e. The van der Waals surface area contributed by atoms with Crippen LogP contribution in [0.15, 0.2) is 29.8 Å². The number of carbonyl (C=O) groups is 1. The first-order valence-electron chi connectivity index (χ1n) is 6.51. The molecule has 0 aliphatic heterocycles. The Bertz CT molecular complexity index is 556. The van der Waals surface area contributed by atoms with Crippen molar-refractivity contribution in [1.29, 1.82) is 0 Å². The first-order valence-corrected chi connectivity index (χ1v) is 6.51. The zero-order chi connectivity index (χ0) is 12.9. The molecule has 0 spiro atoms. The van der Waals surface area contributed by atoms with Gasteiger partial charge in [-0.15, -0.1) is 0 Å². The summed E-state index contributed by atoms with van der Waals surface area (Å²) in [6, 6.07) is 5.82. The number of carbonyl (C=O) groups excluding carboxylic acids is 1. The predicted octanol–water partition coefficient (Wildman–Crippen LogP) is 3.51. The summed E-state index contributed by atoms with van der Waals surface area (Å²) in [5.74, 6) is 1.56. The quantitative estimate of drug-likeness (QED) is 0.753. The molecule has 2 heteroatoms. The molecule has 3 rings (SSSR count). The fraction of sp³-hybridized carbons (Fsp3) is 0.438. The first-order chi connectivity index (χ1) is 8.57. The Kier molecular flexibility index (Phi) is 2.37. The molecule has 2 nitrogen and oxygen atoms in total. The van der Waals surface area contributed by atoms with Crippen LogP contribution in [0.2, 0.25) is 0 Å². The number of rotatable bonds is 1. The highest BCUT2D eigenvalue weighted by Gasteiger charge is 2.45. The lowest BCUT2D eigenvalue weighted by Gasteiger charge is -2.36. The van der Waals surface area contributed by atoms with E-state index in [2.05, 4.69) is 13.8 Å². The molecule has 2 atom stereocenters. The number of ketones is 1. The topological polar surface area (TPSA) is 26.3 Å². The Hall–Kier alpha value is -1.57.